The van der Waals surface area contributed by atoms with E-state index in [0.29, 0.717) is 18.2 Å². The second-order valence-electron chi connectivity index (χ2n) is 6.83. The van der Waals surface area contributed by atoms with Gasteiger partial charge in [0.05, 0.1) is 11.4 Å². The lowest BCUT2D eigenvalue weighted by atomic mass is 10.1. The van der Waals surface area contributed by atoms with Gasteiger partial charge in [-0.2, -0.15) is 0 Å². The summed E-state index contributed by atoms with van der Waals surface area (Å²) < 4.78 is 40.0. The number of nitrogens with zero attached hydrogens (tertiary/aromatic N) is 1. The van der Waals surface area contributed by atoms with Crippen molar-refractivity contribution in [1.82, 2.24) is 5.32 Å². The van der Waals surface area contributed by atoms with Crippen molar-refractivity contribution < 1.29 is 12.8 Å². The third kappa shape index (κ3) is 7.71. The van der Waals surface area contributed by atoms with E-state index in [4.69, 9.17) is 5.73 Å². The van der Waals surface area contributed by atoms with Crippen molar-refractivity contribution >= 4 is 45.6 Å². The van der Waals surface area contributed by atoms with Crippen LogP contribution in [-0.2, 0) is 16.6 Å². The van der Waals surface area contributed by atoms with Gasteiger partial charge in [-0.3, -0.25) is 4.72 Å². The van der Waals surface area contributed by atoms with E-state index in [0.717, 1.165) is 5.56 Å². The fraction of sp³-hybridized carbons (Fsp3) is 0.278. The summed E-state index contributed by atoms with van der Waals surface area (Å²) in [4.78, 5) is 4.34. The predicted octanol–water partition coefficient (Wildman–Crippen LogP) is 3.45. The molecule has 0 saturated heterocycles. The Morgan fingerprint density at radius 2 is 1.63 bits per heavy atom. The van der Waals surface area contributed by atoms with Gasteiger partial charge >= 0.3 is 0 Å². The van der Waals surface area contributed by atoms with Gasteiger partial charge in [0.2, 0.25) is 0 Å². The molecule has 148 valence electrons. The van der Waals surface area contributed by atoms with Crippen LogP contribution in [0.1, 0.15) is 26.3 Å². The summed E-state index contributed by atoms with van der Waals surface area (Å²) in [5.41, 5.74) is 6.74. The Morgan fingerprint density at radius 3 is 2.15 bits per heavy atom. The van der Waals surface area contributed by atoms with Crippen molar-refractivity contribution in [1.29, 1.82) is 0 Å². The molecule has 0 spiro atoms. The number of benzene rings is 2. The molecule has 27 heavy (non-hydrogen) atoms. The number of halogens is 2. The van der Waals surface area contributed by atoms with E-state index in [2.05, 4.69) is 15.0 Å². The highest BCUT2D eigenvalue weighted by Crippen LogP contribution is 2.17. The van der Waals surface area contributed by atoms with E-state index in [1.54, 1.807) is 12.1 Å². The first kappa shape index (κ1) is 23.2. The van der Waals surface area contributed by atoms with Gasteiger partial charge in [0.15, 0.2) is 5.96 Å². The van der Waals surface area contributed by atoms with Gasteiger partial charge < -0.3 is 11.1 Å². The van der Waals surface area contributed by atoms with Gasteiger partial charge in [-0.25, -0.2) is 17.8 Å². The summed E-state index contributed by atoms with van der Waals surface area (Å²) in [5.74, 6) is -0.106. The zero-order valence-corrected chi connectivity index (χ0v) is 18.5. The number of rotatable bonds is 5. The Morgan fingerprint density at radius 1 is 1.07 bits per heavy atom. The van der Waals surface area contributed by atoms with E-state index in [1.807, 2.05) is 20.8 Å². The first-order chi connectivity index (χ1) is 12.0. The standard InChI is InChI=1S/C18H23FN4O2S.HI/c1-18(2,3)22-17(20)21-12-13-4-10-16(11-5-13)26(24,25)23-15-8-6-14(19)7-9-15;/h4-11,23H,12H2,1-3H3,(H3,20,21,22);1H. The van der Waals surface area contributed by atoms with Crippen LogP contribution in [0.25, 0.3) is 0 Å². The highest BCUT2D eigenvalue weighted by atomic mass is 127. The van der Waals surface area contributed by atoms with Crippen LogP contribution < -0.4 is 15.8 Å². The van der Waals surface area contributed by atoms with Crippen LogP contribution in [0.4, 0.5) is 10.1 Å². The lowest BCUT2D eigenvalue weighted by Gasteiger charge is -2.21. The van der Waals surface area contributed by atoms with Crippen LogP contribution in [0, 0.1) is 5.82 Å². The molecule has 2 rings (SSSR count). The SMILES string of the molecule is CC(C)(C)NC(N)=NCc1ccc(S(=O)(=O)Nc2ccc(F)cc2)cc1.I. The van der Waals surface area contributed by atoms with Crippen molar-refractivity contribution in [3.8, 4) is 0 Å². The number of anilines is 1. The predicted molar refractivity (Wildman–Crippen MR) is 117 cm³/mol. The third-order valence-corrected chi connectivity index (χ3v) is 4.66. The number of sulfonamides is 1. The first-order valence-corrected chi connectivity index (χ1v) is 9.49. The van der Waals surface area contributed by atoms with Crippen LogP contribution in [0.5, 0.6) is 0 Å². The Balaban J connectivity index is 0.00000364. The van der Waals surface area contributed by atoms with E-state index >= 15 is 0 Å². The molecule has 0 bridgehead atoms. The lowest BCUT2D eigenvalue weighted by molar-refractivity contribution is 0.508. The zero-order chi connectivity index (χ0) is 19.4. The normalized spacial score (nSPS) is 12.2. The van der Waals surface area contributed by atoms with Crippen molar-refractivity contribution in [3.05, 3.63) is 59.9 Å². The summed E-state index contributed by atoms with van der Waals surface area (Å²) in [7, 11) is -3.74. The van der Waals surface area contributed by atoms with E-state index in [9.17, 15) is 12.8 Å². The Kier molecular flexibility index (Phi) is 8.03. The number of nitrogens with two attached hydrogens (primary N) is 1. The second-order valence-corrected chi connectivity index (χ2v) is 8.52. The fourth-order valence-corrected chi connectivity index (χ4v) is 3.16. The summed E-state index contributed by atoms with van der Waals surface area (Å²) in [6, 6.07) is 11.4. The van der Waals surface area contributed by atoms with Crippen molar-refractivity contribution in [2.24, 2.45) is 10.7 Å². The van der Waals surface area contributed by atoms with Crippen LogP contribution >= 0.6 is 24.0 Å². The molecule has 0 aliphatic rings. The highest BCUT2D eigenvalue weighted by molar-refractivity contribution is 14.0. The third-order valence-electron chi connectivity index (χ3n) is 3.27. The van der Waals surface area contributed by atoms with E-state index in [-0.39, 0.29) is 34.4 Å². The van der Waals surface area contributed by atoms with E-state index in [1.165, 1.54) is 36.4 Å². The molecule has 0 aromatic heterocycles. The number of nitrogens with one attached hydrogen (secondary N) is 2. The van der Waals surface area contributed by atoms with Crippen LogP contribution in [-0.4, -0.2) is 19.9 Å². The van der Waals surface area contributed by atoms with Gasteiger partial charge in [-0.15, -0.1) is 24.0 Å². The minimum Gasteiger partial charge on any atom is -0.370 e. The number of aliphatic imine (C=N–C) groups is 1. The van der Waals surface area contributed by atoms with Crippen LogP contribution in [0.15, 0.2) is 58.4 Å². The molecule has 2 aromatic carbocycles. The largest absolute Gasteiger partial charge is 0.370 e. The van der Waals surface area contributed by atoms with Gasteiger partial charge in [0.1, 0.15) is 5.82 Å². The first-order valence-electron chi connectivity index (χ1n) is 8.01. The molecule has 0 unspecified atom stereocenters. The summed E-state index contributed by atoms with van der Waals surface area (Å²) in [6.07, 6.45) is 0. The molecular formula is C18H24FIN4O2S. The highest BCUT2D eigenvalue weighted by Gasteiger charge is 2.14. The van der Waals surface area contributed by atoms with Crippen molar-refractivity contribution in [2.75, 3.05) is 4.72 Å². The van der Waals surface area contributed by atoms with Gasteiger partial charge in [0.25, 0.3) is 10.0 Å². The quantitative estimate of drug-likeness (QED) is 0.329. The maximum Gasteiger partial charge on any atom is 0.261 e. The van der Waals surface area contributed by atoms with Gasteiger partial charge in [0, 0.05) is 11.2 Å². The smallest absolute Gasteiger partial charge is 0.261 e. The Labute approximate surface area is 176 Å². The Hall–Kier alpha value is -1.88. The lowest BCUT2D eigenvalue weighted by Crippen LogP contribution is -2.44. The van der Waals surface area contributed by atoms with Crippen LogP contribution in [0.3, 0.4) is 0 Å². The molecule has 2 aromatic rings. The van der Waals surface area contributed by atoms with E-state index < -0.39 is 15.8 Å². The van der Waals surface area contributed by atoms with Crippen molar-refractivity contribution in [2.45, 2.75) is 37.8 Å². The van der Waals surface area contributed by atoms with Gasteiger partial charge in [-0.05, 0) is 62.7 Å². The molecule has 0 fully saturated rings. The minimum absolute atomic E-state index is 0. The average molecular weight is 506 g/mol. The average Bonchev–Trinajstić information content (AvgIpc) is 2.54. The topological polar surface area (TPSA) is 96.6 Å². The molecule has 0 heterocycles. The molecular weight excluding hydrogens is 482 g/mol. The summed E-state index contributed by atoms with van der Waals surface area (Å²) in [6.45, 7) is 6.26. The maximum absolute atomic E-state index is 12.9. The molecule has 0 saturated carbocycles. The molecule has 0 amide bonds. The number of guanidine groups is 1. The molecule has 0 atom stereocenters. The van der Waals surface area contributed by atoms with Crippen LogP contribution in [0.2, 0.25) is 0 Å². The molecule has 9 heteroatoms. The summed E-state index contributed by atoms with van der Waals surface area (Å²) in [5, 5.41) is 3.05. The maximum atomic E-state index is 12.9. The zero-order valence-electron chi connectivity index (χ0n) is 15.4. The monoisotopic (exact) mass is 506 g/mol. The molecule has 4 N–H and O–H groups in total. The number of hydrogen-bond acceptors (Lipinski definition) is 3. The second kappa shape index (κ2) is 9.36. The van der Waals surface area contributed by atoms with Crippen molar-refractivity contribution in [3.63, 3.8) is 0 Å². The molecule has 0 radical (unpaired) electrons. The molecule has 0 aliphatic carbocycles. The molecule has 0 aliphatic heterocycles. The fourth-order valence-electron chi connectivity index (χ4n) is 2.11. The molecule has 6 nitrogen and oxygen atoms in total. The number of hydrogen-bond donors (Lipinski definition) is 3. The van der Waals surface area contributed by atoms with Gasteiger partial charge in [-0.1, -0.05) is 12.1 Å². The minimum atomic E-state index is -3.74. The Bertz CT molecular complexity index is 877. The summed E-state index contributed by atoms with van der Waals surface area (Å²) >= 11 is 0.